The average Bonchev–Trinajstić information content (AvgIpc) is 2.63. The molecule has 2 aromatic rings. The van der Waals surface area contributed by atoms with E-state index in [0.717, 1.165) is 0 Å². The van der Waals surface area contributed by atoms with Gasteiger partial charge in [-0.3, -0.25) is 9.13 Å². The molecule has 6 N–H and O–H groups in total. The predicted octanol–water partition coefficient (Wildman–Crippen LogP) is 2.38. The van der Waals surface area contributed by atoms with Crippen molar-refractivity contribution in [2.24, 2.45) is 0 Å². The van der Waals surface area contributed by atoms with Gasteiger partial charge in [-0.25, -0.2) is 0 Å². The third-order valence-corrected chi connectivity index (χ3v) is 6.21. The first kappa shape index (κ1) is 25.2. The Labute approximate surface area is 179 Å². The number of hydrogen-bond donors (Lipinski definition) is 6. The van der Waals surface area contributed by atoms with Crippen LogP contribution in [0, 0.1) is 0 Å². The summed E-state index contributed by atoms with van der Waals surface area (Å²) >= 11 is 0. The Morgan fingerprint density at radius 3 is 2.26 bits per heavy atom. The van der Waals surface area contributed by atoms with Crippen molar-refractivity contribution in [1.29, 1.82) is 0 Å². The zero-order valence-corrected chi connectivity index (χ0v) is 18.6. The van der Waals surface area contributed by atoms with Crippen LogP contribution in [0.3, 0.4) is 0 Å². The molecule has 0 saturated heterocycles. The van der Waals surface area contributed by atoms with E-state index < -0.39 is 27.5 Å². The zero-order valence-electron chi connectivity index (χ0n) is 16.8. The van der Waals surface area contributed by atoms with Crippen molar-refractivity contribution in [3.05, 3.63) is 47.5 Å². The maximum absolute atomic E-state index is 11.6. The standard InChI is InChI=1S/C19H26O10P2/c1-28-18-6-2-5-14(19(18)21)11-15(12-31(25,26)27)29-17-8-7-13(10-16(17)20)4-3-9-30(22,23)24/h2,5-8,10,15,20-21H,3-4,9,11-12H2,1H3,(H2,22,23,24)(H2,25,26,27). The SMILES string of the molecule is COc1cccc(CC(CP(=O)(O)O)Oc2ccc(CCCP(=O)(O)O)cc2O)c1O. The van der Waals surface area contributed by atoms with Gasteiger partial charge in [-0.05, 0) is 36.6 Å². The molecule has 0 spiro atoms. The fourth-order valence-electron chi connectivity index (χ4n) is 3.04. The van der Waals surface area contributed by atoms with Crippen LogP contribution in [0.5, 0.6) is 23.0 Å². The molecule has 0 saturated carbocycles. The van der Waals surface area contributed by atoms with Crippen LogP contribution in [0.1, 0.15) is 17.5 Å². The maximum atomic E-state index is 11.6. The van der Waals surface area contributed by atoms with E-state index in [1.807, 2.05) is 0 Å². The van der Waals surface area contributed by atoms with Gasteiger partial charge in [0, 0.05) is 12.0 Å². The number of ether oxygens (including phenoxy) is 2. The second-order valence-electron chi connectivity index (χ2n) is 7.05. The highest BCUT2D eigenvalue weighted by atomic mass is 31.2. The molecule has 0 aliphatic heterocycles. The number of methoxy groups -OCH3 is 1. The number of hydrogen-bond acceptors (Lipinski definition) is 6. The Morgan fingerprint density at radius 2 is 1.68 bits per heavy atom. The van der Waals surface area contributed by atoms with Crippen molar-refractivity contribution in [1.82, 2.24) is 0 Å². The minimum atomic E-state index is -4.48. The molecule has 172 valence electrons. The van der Waals surface area contributed by atoms with Gasteiger partial charge in [0.2, 0.25) is 0 Å². The van der Waals surface area contributed by atoms with Crippen LogP contribution >= 0.6 is 15.2 Å². The number of phenolic OH excluding ortho intramolecular Hbond substituents is 2. The third kappa shape index (κ3) is 8.53. The Hall–Kier alpha value is -2.06. The molecule has 1 unspecified atom stereocenters. The van der Waals surface area contributed by atoms with E-state index >= 15 is 0 Å². The summed E-state index contributed by atoms with van der Waals surface area (Å²) in [5.41, 5.74) is 0.974. The molecule has 0 heterocycles. The van der Waals surface area contributed by atoms with Crippen LogP contribution in [-0.4, -0.2) is 55.3 Å². The third-order valence-electron chi connectivity index (χ3n) is 4.42. The Balaban J connectivity index is 2.17. The van der Waals surface area contributed by atoms with E-state index in [1.165, 1.54) is 25.3 Å². The second-order valence-corrected chi connectivity index (χ2v) is 10.5. The molecule has 31 heavy (non-hydrogen) atoms. The summed E-state index contributed by atoms with van der Waals surface area (Å²) in [6.45, 7) is 0. The van der Waals surface area contributed by atoms with Gasteiger partial charge in [0.25, 0.3) is 0 Å². The molecule has 0 aliphatic carbocycles. The zero-order chi connectivity index (χ0) is 23.2. The summed E-state index contributed by atoms with van der Waals surface area (Å²) in [5, 5.41) is 20.5. The van der Waals surface area contributed by atoms with Crippen LogP contribution < -0.4 is 9.47 Å². The molecule has 0 aliphatic rings. The van der Waals surface area contributed by atoms with Crippen LogP contribution in [0.25, 0.3) is 0 Å². The maximum Gasteiger partial charge on any atom is 0.329 e. The number of benzene rings is 2. The van der Waals surface area contributed by atoms with Crippen LogP contribution in [0.15, 0.2) is 36.4 Å². The summed E-state index contributed by atoms with van der Waals surface area (Å²) in [6, 6.07) is 9.10. The lowest BCUT2D eigenvalue weighted by atomic mass is 10.1. The van der Waals surface area contributed by atoms with Crippen LogP contribution in [0.4, 0.5) is 0 Å². The lowest BCUT2D eigenvalue weighted by Crippen LogP contribution is -2.24. The Morgan fingerprint density at radius 1 is 0.968 bits per heavy atom. The molecular formula is C19H26O10P2. The molecule has 0 bridgehead atoms. The van der Waals surface area contributed by atoms with Gasteiger partial charge in [0.1, 0.15) is 6.10 Å². The van der Waals surface area contributed by atoms with Crippen LogP contribution in [0.2, 0.25) is 0 Å². The molecular weight excluding hydrogens is 450 g/mol. The molecule has 10 nitrogen and oxygen atoms in total. The van der Waals surface area contributed by atoms with Gasteiger partial charge in [-0.2, -0.15) is 0 Å². The lowest BCUT2D eigenvalue weighted by Gasteiger charge is -2.21. The fraction of sp³-hybridized carbons (Fsp3) is 0.368. The number of para-hydroxylation sites is 1. The average molecular weight is 476 g/mol. The highest BCUT2D eigenvalue weighted by Crippen LogP contribution is 2.40. The van der Waals surface area contributed by atoms with E-state index in [-0.39, 0.29) is 42.0 Å². The minimum Gasteiger partial charge on any atom is -0.504 e. The largest absolute Gasteiger partial charge is 0.504 e. The smallest absolute Gasteiger partial charge is 0.329 e. The summed E-state index contributed by atoms with van der Waals surface area (Å²) in [5.74, 6) is -0.261. The quantitative estimate of drug-likeness (QED) is 0.264. The summed E-state index contributed by atoms with van der Waals surface area (Å²) in [6.07, 6.45) is -1.50. The molecule has 2 aromatic carbocycles. The molecule has 0 radical (unpaired) electrons. The van der Waals surface area contributed by atoms with E-state index in [0.29, 0.717) is 17.5 Å². The monoisotopic (exact) mass is 476 g/mol. The first-order valence-corrected chi connectivity index (χ1v) is 12.9. The van der Waals surface area contributed by atoms with E-state index in [4.69, 9.17) is 19.3 Å². The number of rotatable bonds is 11. The van der Waals surface area contributed by atoms with Crippen molar-refractivity contribution in [2.75, 3.05) is 19.4 Å². The van der Waals surface area contributed by atoms with Crippen molar-refractivity contribution in [3.8, 4) is 23.0 Å². The highest BCUT2D eigenvalue weighted by molar-refractivity contribution is 7.52. The van der Waals surface area contributed by atoms with Crippen LogP contribution in [-0.2, 0) is 22.0 Å². The highest BCUT2D eigenvalue weighted by Gasteiger charge is 2.26. The normalized spacial score (nSPS) is 13.1. The number of aryl methyl sites for hydroxylation is 1. The molecule has 12 heteroatoms. The summed E-state index contributed by atoms with van der Waals surface area (Å²) in [4.78, 5) is 36.6. The van der Waals surface area contributed by atoms with Gasteiger partial charge in [-0.1, -0.05) is 18.2 Å². The fourth-order valence-corrected chi connectivity index (χ4v) is 4.34. The van der Waals surface area contributed by atoms with Gasteiger partial charge in [0.15, 0.2) is 23.0 Å². The Bertz CT molecular complexity index is 982. The summed E-state index contributed by atoms with van der Waals surface area (Å²) in [7, 11) is -7.20. The topological polar surface area (TPSA) is 174 Å². The molecule has 0 fully saturated rings. The summed E-state index contributed by atoms with van der Waals surface area (Å²) < 4.78 is 33.2. The molecule has 2 rings (SSSR count). The van der Waals surface area contributed by atoms with Gasteiger partial charge in [-0.15, -0.1) is 0 Å². The first-order chi connectivity index (χ1) is 14.4. The van der Waals surface area contributed by atoms with Crippen molar-refractivity contribution in [2.45, 2.75) is 25.4 Å². The Kier molecular flexibility index (Phi) is 8.54. The van der Waals surface area contributed by atoms with Crippen molar-refractivity contribution < 1.29 is 48.4 Å². The minimum absolute atomic E-state index is 0.0143. The van der Waals surface area contributed by atoms with E-state index in [2.05, 4.69) is 0 Å². The first-order valence-electron chi connectivity index (χ1n) is 9.30. The predicted molar refractivity (Wildman–Crippen MR) is 113 cm³/mol. The molecule has 0 amide bonds. The van der Waals surface area contributed by atoms with Gasteiger partial charge < -0.3 is 39.3 Å². The number of aromatic hydroxyl groups is 2. The second kappa shape index (κ2) is 10.5. The van der Waals surface area contributed by atoms with Gasteiger partial charge in [0.05, 0.1) is 19.4 Å². The lowest BCUT2D eigenvalue weighted by molar-refractivity contribution is 0.204. The molecule has 1 atom stereocenters. The van der Waals surface area contributed by atoms with E-state index in [1.54, 1.807) is 18.2 Å². The molecule has 0 aromatic heterocycles. The number of phenols is 2. The van der Waals surface area contributed by atoms with Gasteiger partial charge >= 0.3 is 15.2 Å². The van der Waals surface area contributed by atoms with Crippen molar-refractivity contribution >= 4 is 15.2 Å². The van der Waals surface area contributed by atoms with E-state index in [9.17, 15) is 29.1 Å². The van der Waals surface area contributed by atoms with Crippen molar-refractivity contribution in [3.63, 3.8) is 0 Å².